The van der Waals surface area contributed by atoms with Crippen molar-refractivity contribution in [2.24, 2.45) is 0 Å². The number of likely N-dealkylation sites (N-methyl/N-ethyl adjacent to an activating group) is 1. The Morgan fingerprint density at radius 3 is 2.36 bits per heavy atom. The smallest absolute Gasteiger partial charge is 0.262 e. The lowest BCUT2D eigenvalue weighted by atomic mass is 10.1. The number of anilines is 2. The number of carbonyl (C=O) groups is 1. The molecule has 1 aliphatic heterocycles. The lowest BCUT2D eigenvalue weighted by Gasteiger charge is -2.35. The van der Waals surface area contributed by atoms with Gasteiger partial charge in [-0.2, -0.15) is 0 Å². The average Bonchev–Trinajstić information content (AvgIpc) is 2.74. The van der Waals surface area contributed by atoms with Crippen molar-refractivity contribution in [2.75, 3.05) is 49.5 Å². The first kappa shape index (κ1) is 20.2. The van der Waals surface area contributed by atoms with Gasteiger partial charge in [0.1, 0.15) is 5.75 Å². The number of amides is 1. The van der Waals surface area contributed by atoms with E-state index in [4.69, 9.17) is 4.74 Å². The number of carbonyl (C=O) groups excluding carboxylic acids is 1. The molecule has 0 atom stereocenters. The fourth-order valence-electron chi connectivity index (χ4n) is 3.46. The Hall–Kier alpha value is -2.53. The molecule has 1 heterocycles. The van der Waals surface area contributed by atoms with Crippen LogP contribution in [0, 0.1) is 6.92 Å². The lowest BCUT2D eigenvalue weighted by Crippen LogP contribution is -2.46. The van der Waals surface area contributed by atoms with E-state index in [9.17, 15) is 4.79 Å². The number of aryl methyl sites for hydroxylation is 2. The summed E-state index contributed by atoms with van der Waals surface area (Å²) in [5.74, 6) is 0.567. The maximum Gasteiger partial charge on any atom is 0.262 e. The normalized spacial score (nSPS) is 14.8. The average molecular weight is 382 g/mol. The van der Waals surface area contributed by atoms with Crippen LogP contribution in [0.1, 0.15) is 25.0 Å². The van der Waals surface area contributed by atoms with Crippen LogP contribution in [-0.4, -0.2) is 50.1 Å². The van der Waals surface area contributed by atoms with Crippen molar-refractivity contribution in [1.82, 2.24) is 4.90 Å². The van der Waals surface area contributed by atoms with Gasteiger partial charge in [-0.1, -0.05) is 26.0 Å². The third kappa shape index (κ3) is 5.26. The van der Waals surface area contributed by atoms with E-state index < -0.39 is 0 Å². The van der Waals surface area contributed by atoms with Gasteiger partial charge in [0.05, 0.1) is 0 Å². The summed E-state index contributed by atoms with van der Waals surface area (Å²) in [5, 5.41) is 2.96. The van der Waals surface area contributed by atoms with Crippen LogP contribution in [0.25, 0.3) is 0 Å². The van der Waals surface area contributed by atoms with Gasteiger partial charge in [0, 0.05) is 37.6 Å². The van der Waals surface area contributed by atoms with E-state index in [1.54, 1.807) is 0 Å². The second-order valence-corrected chi connectivity index (χ2v) is 7.25. The number of piperazine rings is 1. The third-order valence-electron chi connectivity index (χ3n) is 5.37. The molecule has 3 rings (SSSR count). The molecule has 5 nitrogen and oxygen atoms in total. The number of hydrogen-bond acceptors (Lipinski definition) is 4. The van der Waals surface area contributed by atoms with Crippen LogP contribution in [0.5, 0.6) is 5.75 Å². The number of rotatable bonds is 7. The van der Waals surface area contributed by atoms with Gasteiger partial charge >= 0.3 is 0 Å². The predicted octanol–water partition coefficient (Wildman–Crippen LogP) is 3.72. The SMILES string of the molecule is CCc1ccc(OCC(=O)Nc2ccc(N3CCN(CC)CC3)cc2C)cc1. The zero-order valence-corrected chi connectivity index (χ0v) is 17.2. The molecule has 1 aliphatic rings. The first-order valence-corrected chi connectivity index (χ1v) is 10.2. The Morgan fingerprint density at radius 2 is 1.75 bits per heavy atom. The highest BCUT2D eigenvalue weighted by Gasteiger charge is 2.16. The molecule has 0 spiro atoms. The van der Waals surface area contributed by atoms with Crippen molar-refractivity contribution in [3.8, 4) is 5.75 Å². The summed E-state index contributed by atoms with van der Waals surface area (Å²) in [6.07, 6.45) is 0.990. The van der Waals surface area contributed by atoms with E-state index in [2.05, 4.69) is 41.1 Å². The Labute approximate surface area is 168 Å². The molecular weight excluding hydrogens is 350 g/mol. The van der Waals surface area contributed by atoms with Crippen molar-refractivity contribution in [1.29, 1.82) is 0 Å². The van der Waals surface area contributed by atoms with Crippen LogP contribution in [-0.2, 0) is 11.2 Å². The van der Waals surface area contributed by atoms with E-state index in [1.165, 1.54) is 11.3 Å². The number of nitrogens with one attached hydrogen (secondary N) is 1. The zero-order chi connectivity index (χ0) is 19.9. The van der Waals surface area contributed by atoms with E-state index in [0.717, 1.165) is 50.4 Å². The number of hydrogen-bond donors (Lipinski definition) is 1. The molecule has 28 heavy (non-hydrogen) atoms. The van der Waals surface area contributed by atoms with Crippen LogP contribution in [0.4, 0.5) is 11.4 Å². The molecule has 0 bridgehead atoms. The maximum atomic E-state index is 12.3. The quantitative estimate of drug-likeness (QED) is 0.794. The number of benzene rings is 2. The van der Waals surface area contributed by atoms with Crippen LogP contribution < -0.4 is 15.0 Å². The van der Waals surface area contributed by atoms with Gasteiger partial charge in [-0.3, -0.25) is 4.79 Å². The molecule has 2 aromatic carbocycles. The van der Waals surface area contributed by atoms with Crippen molar-refractivity contribution >= 4 is 17.3 Å². The number of nitrogens with zero attached hydrogens (tertiary/aromatic N) is 2. The van der Waals surface area contributed by atoms with Crippen LogP contribution >= 0.6 is 0 Å². The molecule has 2 aromatic rings. The fraction of sp³-hybridized carbons (Fsp3) is 0.435. The van der Waals surface area contributed by atoms with Gasteiger partial charge in [0.2, 0.25) is 0 Å². The summed E-state index contributed by atoms with van der Waals surface area (Å²) < 4.78 is 5.59. The standard InChI is InChI=1S/C23H31N3O2/c1-4-19-6-9-21(10-7-19)28-17-23(27)24-22-11-8-20(16-18(22)3)26-14-12-25(5-2)13-15-26/h6-11,16H,4-5,12-15,17H2,1-3H3,(H,24,27). The molecule has 0 radical (unpaired) electrons. The summed E-state index contributed by atoms with van der Waals surface area (Å²) in [5.41, 5.74) is 4.38. The second-order valence-electron chi connectivity index (χ2n) is 7.25. The molecule has 0 aliphatic carbocycles. The van der Waals surface area contributed by atoms with Gasteiger partial charge in [-0.05, 0) is 61.3 Å². The van der Waals surface area contributed by atoms with Gasteiger partial charge < -0.3 is 19.9 Å². The summed E-state index contributed by atoms with van der Waals surface area (Å²) in [6.45, 7) is 11.8. The molecule has 1 amide bonds. The maximum absolute atomic E-state index is 12.3. The van der Waals surface area contributed by atoms with E-state index in [-0.39, 0.29) is 12.5 Å². The molecule has 1 saturated heterocycles. The first-order valence-electron chi connectivity index (χ1n) is 10.2. The van der Waals surface area contributed by atoms with Gasteiger partial charge in [-0.15, -0.1) is 0 Å². The Morgan fingerprint density at radius 1 is 1.04 bits per heavy atom. The highest BCUT2D eigenvalue weighted by Crippen LogP contribution is 2.24. The van der Waals surface area contributed by atoms with Crippen molar-refractivity contribution in [3.05, 3.63) is 53.6 Å². The van der Waals surface area contributed by atoms with Gasteiger partial charge in [0.15, 0.2) is 6.61 Å². The Balaban J connectivity index is 1.53. The monoisotopic (exact) mass is 381 g/mol. The largest absolute Gasteiger partial charge is 0.484 e. The van der Waals surface area contributed by atoms with Crippen molar-refractivity contribution in [2.45, 2.75) is 27.2 Å². The minimum absolute atomic E-state index is 0.00560. The molecular formula is C23H31N3O2. The minimum atomic E-state index is -0.146. The third-order valence-corrected chi connectivity index (χ3v) is 5.37. The molecule has 5 heteroatoms. The van der Waals surface area contributed by atoms with Gasteiger partial charge in [-0.25, -0.2) is 0 Å². The minimum Gasteiger partial charge on any atom is -0.484 e. The molecule has 0 saturated carbocycles. The molecule has 1 N–H and O–H groups in total. The van der Waals surface area contributed by atoms with E-state index >= 15 is 0 Å². The topological polar surface area (TPSA) is 44.8 Å². The summed E-state index contributed by atoms with van der Waals surface area (Å²) >= 11 is 0. The van der Waals surface area contributed by atoms with E-state index in [0.29, 0.717) is 5.75 Å². The second kappa shape index (κ2) is 9.60. The Bertz CT molecular complexity index is 781. The van der Waals surface area contributed by atoms with Gasteiger partial charge in [0.25, 0.3) is 5.91 Å². The zero-order valence-electron chi connectivity index (χ0n) is 17.2. The molecule has 1 fully saturated rings. The summed E-state index contributed by atoms with van der Waals surface area (Å²) in [4.78, 5) is 17.1. The van der Waals surface area contributed by atoms with Crippen LogP contribution in [0.2, 0.25) is 0 Å². The summed E-state index contributed by atoms with van der Waals surface area (Å²) in [7, 11) is 0. The summed E-state index contributed by atoms with van der Waals surface area (Å²) in [6, 6.07) is 14.1. The number of ether oxygens (including phenoxy) is 1. The fourth-order valence-corrected chi connectivity index (χ4v) is 3.46. The highest BCUT2D eigenvalue weighted by atomic mass is 16.5. The first-order chi connectivity index (χ1) is 13.6. The van der Waals surface area contributed by atoms with Crippen LogP contribution in [0.3, 0.4) is 0 Å². The molecule has 150 valence electrons. The molecule has 0 unspecified atom stereocenters. The Kier molecular flexibility index (Phi) is 6.93. The van der Waals surface area contributed by atoms with E-state index in [1.807, 2.05) is 37.3 Å². The highest BCUT2D eigenvalue weighted by molar-refractivity contribution is 5.92. The lowest BCUT2D eigenvalue weighted by molar-refractivity contribution is -0.118. The molecule has 0 aromatic heterocycles. The van der Waals surface area contributed by atoms with Crippen molar-refractivity contribution < 1.29 is 9.53 Å². The van der Waals surface area contributed by atoms with Crippen molar-refractivity contribution in [3.63, 3.8) is 0 Å². The van der Waals surface area contributed by atoms with Crippen LogP contribution in [0.15, 0.2) is 42.5 Å². The predicted molar refractivity (Wildman–Crippen MR) is 115 cm³/mol.